The summed E-state index contributed by atoms with van der Waals surface area (Å²) >= 11 is 0. The number of nitrogens with zero attached hydrogens (tertiary/aromatic N) is 1. The normalized spacial score (nSPS) is 11.4. The molecule has 0 amide bonds. The average molecular weight is 265 g/mol. The van der Waals surface area contributed by atoms with Gasteiger partial charge in [0, 0.05) is 11.3 Å². The van der Waals surface area contributed by atoms with Crippen molar-refractivity contribution in [3.63, 3.8) is 0 Å². The Balaban J connectivity index is 2.51. The zero-order valence-corrected chi connectivity index (χ0v) is 10.0. The summed E-state index contributed by atoms with van der Waals surface area (Å²) < 4.78 is 38.5. The van der Waals surface area contributed by atoms with E-state index in [9.17, 15) is 18.0 Å². The van der Waals surface area contributed by atoms with Gasteiger partial charge >= 0.3 is 6.18 Å². The summed E-state index contributed by atoms with van der Waals surface area (Å²) in [6.45, 7) is 1.67. The Labute approximate surface area is 107 Å². The zero-order chi connectivity index (χ0) is 14.0. The van der Waals surface area contributed by atoms with Crippen LogP contribution in [0.2, 0.25) is 0 Å². The summed E-state index contributed by atoms with van der Waals surface area (Å²) in [5.41, 5.74) is -0.733. The van der Waals surface area contributed by atoms with Crippen LogP contribution in [0, 0.1) is 6.92 Å². The maximum absolute atomic E-state index is 12.8. The van der Waals surface area contributed by atoms with E-state index < -0.39 is 17.5 Å². The number of ketones is 1. The standard InChI is InChI=1S/C14H10F3NO/c1-9-5-4-8-12(18-9)13(19)10-6-2-3-7-11(10)14(15,16)17/h2-8H,1H3. The molecule has 98 valence electrons. The SMILES string of the molecule is Cc1cccc(C(=O)c2ccccc2C(F)(F)F)n1. The van der Waals surface area contributed by atoms with Crippen LogP contribution in [0.5, 0.6) is 0 Å². The highest BCUT2D eigenvalue weighted by Crippen LogP contribution is 2.32. The van der Waals surface area contributed by atoms with Gasteiger partial charge in [0.05, 0.1) is 5.56 Å². The molecule has 0 N–H and O–H groups in total. The number of halogens is 3. The Morgan fingerprint density at radius 1 is 1.05 bits per heavy atom. The monoisotopic (exact) mass is 265 g/mol. The molecule has 0 fully saturated rings. The van der Waals surface area contributed by atoms with Crippen LogP contribution < -0.4 is 0 Å². The fourth-order valence-electron chi connectivity index (χ4n) is 1.74. The van der Waals surface area contributed by atoms with Crippen LogP contribution in [0.1, 0.15) is 27.3 Å². The highest BCUT2D eigenvalue weighted by atomic mass is 19.4. The molecule has 0 aliphatic carbocycles. The maximum Gasteiger partial charge on any atom is 0.417 e. The summed E-state index contributed by atoms with van der Waals surface area (Å²) in [6, 6.07) is 9.38. The number of carbonyl (C=O) groups excluding carboxylic acids is 1. The van der Waals surface area contributed by atoms with E-state index in [1.54, 1.807) is 19.1 Å². The predicted molar refractivity (Wildman–Crippen MR) is 63.9 cm³/mol. The largest absolute Gasteiger partial charge is 0.417 e. The lowest BCUT2D eigenvalue weighted by atomic mass is 10.0. The number of aromatic nitrogens is 1. The van der Waals surface area contributed by atoms with Crippen LogP contribution in [0.15, 0.2) is 42.5 Å². The highest BCUT2D eigenvalue weighted by molar-refractivity contribution is 6.08. The molecule has 0 aliphatic rings. The van der Waals surface area contributed by atoms with Crippen molar-refractivity contribution in [3.8, 4) is 0 Å². The molecule has 1 aromatic carbocycles. The lowest BCUT2D eigenvalue weighted by Crippen LogP contribution is -2.14. The smallest absolute Gasteiger partial charge is 0.287 e. The van der Waals surface area contributed by atoms with E-state index in [1.165, 1.54) is 18.2 Å². The average Bonchev–Trinajstić information content (AvgIpc) is 2.37. The first-order valence-corrected chi connectivity index (χ1v) is 5.54. The Hall–Kier alpha value is -2.17. The van der Waals surface area contributed by atoms with Gasteiger partial charge in [-0.1, -0.05) is 24.3 Å². The van der Waals surface area contributed by atoms with E-state index >= 15 is 0 Å². The molecule has 1 aromatic heterocycles. The predicted octanol–water partition coefficient (Wildman–Crippen LogP) is 3.64. The molecular formula is C14H10F3NO. The molecule has 0 bridgehead atoms. The molecule has 2 rings (SSSR count). The number of carbonyl (C=O) groups is 1. The van der Waals surface area contributed by atoms with Crippen molar-refractivity contribution >= 4 is 5.78 Å². The molecule has 0 unspecified atom stereocenters. The third-order valence-corrected chi connectivity index (χ3v) is 2.60. The van der Waals surface area contributed by atoms with Gasteiger partial charge in [0.1, 0.15) is 5.69 Å². The molecule has 0 aliphatic heterocycles. The molecule has 0 spiro atoms. The summed E-state index contributed by atoms with van der Waals surface area (Å²) in [4.78, 5) is 16.1. The topological polar surface area (TPSA) is 30.0 Å². The molecule has 0 atom stereocenters. The van der Waals surface area contributed by atoms with Crippen molar-refractivity contribution in [2.75, 3.05) is 0 Å². The second kappa shape index (κ2) is 4.84. The van der Waals surface area contributed by atoms with E-state index in [0.29, 0.717) is 5.69 Å². The quantitative estimate of drug-likeness (QED) is 0.776. The van der Waals surface area contributed by atoms with E-state index in [-0.39, 0.29) is 11.3 Å². The van der Waals surface area contributed by atoms with Crippen molar-refractivity contribution in [1.82, 2.24) is 4.98 Å². The van der Waals surface area contributed by atoms with Crippen LogP contribution >= 0.6 is 0 Å². The van der Waals surface area contributed by atoms with Gasteiger partial charge in [-0.15, -0.1) is 0 Å². The van der Waals surface area contributed by atoms with Crippen LogP contribution in [0.3, 0.4) is 0 Å². The van der Waals surface area contributed by atoms with Gasteiger partial charge < -0.3 is 0 Å². The van der Waals surface area contributed by atoms with Gasteiger partial charge in [-0.2, -0.15) is 13.2 Å². The minimum Gasteiger partial charge on any atom is -0.287 e. The van der Waals surface area contributed by atoms with E-state index in [1.807, 2.05) is 0 Å². The van der Waals surface area contributed by atoms with E-state index in [4.69, 9.17) is 0 Å². The maximum atomic E-state index is 12.8. The van der Waals surface area contributed by atoms with Crippen molar-refractivity contribution in [2.24, 2.45) is 0 Å². The van der Waals surface area contributed by atoms with Gasteiger partial charge in [0.2, 0.25) is 5.78 Å². The van der Waals surface area contributed by atoms with Crippen molar-refractivity contribution < 1.29 is 18.0 Å². The first-order valence-electron chi connectivity index (χ1n) is 5.54. The Morgan fingerprint density at radius 2 is 1.74 bits per heavy atom. The van der Waals surface area contributed by atoms with Gasteiger partial charge in [-0.3, -0.25) is 4.79 Å². The molecule has 1 heterocycles. The third kappa shape index (κ3) is 2.81. The molecule has 0 radical (unpaired) electrons. The number of rotatable bonds is 2. The summed E-state index contributed by atoms with van der Waals surface area (Å²) in [5.74, 6) is -0.725. The van der Waals surface area contributed by atoms with Crippen molar-refractivity contribution in [2.45, 2.75) is 13.1 Å². The van der Waals surface area contributed by atoms with E-state index in [2.05, 4.69) is 4.98 Å². The van der Waals surface area contributed by atoms with Crippen LogP contribution in [-0.2, 0) is 6.18 Å². The Bertz CT molecular complexity index is 620. The summed E-state index contributed by atoms with van der Waals surface area (Å²) in [5, 5.41) is 0. The first kappa shape index (κ1) is 13.3. The minimum absolute atomic E-state index is 0.0108. The molecule has 2 nitrogen and oxygen atoms in total. The highest BCUT2D eigenvalue weighted by Gasteiger charge is 2.35. The zero-order valence-electron chi connectivity index (χ0n) is 10.0. The van der Waals surface area contributed by atoms with Crippen LogP contribution in [-0.4, -0.2) is 10.8 Å². The molecule has 19 heavy (non-hydrogen) atoms. The summed E-state index contributed by atoms with van der Waals surface area (Å²) in [7, 11) is 0. The molecule has 0 saturated heterocycles. The number of aryl methyl sites for hydroxylation is 1. The van der Waals surface area contributed by atoms with Gasteiger partial charge in [0.25, 0.3) is 0 Å². The van der Waals surface area contributed by atoms with Crippen LogP contribution in [0.4, 0.5) is 13.2 Å². The van der Waals surface area contributed by atoms with Gasteiger partial charge in [0.15, 0.2) is 0 Å². The molecule has 0 saturated carbocycles. The number of pyridine rings is 1. The molecular weight excluding hydrogens is 255 g/mol. The third-order valence-electron chi connectivity index (χ3n) is 2.60. The number of hydrogen-bond donors (Lipinski definition) is 0. The van der Waals surface area contributed by atoms with Crippen LogP contribution in [0.25, 0.3) is 0 Å². The lowest BCUT2D eigenvalue weighted by molar-refractivity contribution is -0.137. The lowest BCUT2D eigenvalue weighted by Gasteiger charge is -2.11. The number of benzene rings is 1. The number of hydrogen-bond acceptors (Lipinski definition) is 2. The Kier molecular flexibility index (Phi) is 3.38. The fraction of sp³-hybridized carbons (Fsp3) is 0.143. The van der Waals surface area contributed by atoms with E-state index in [0.717, 1.165) is 12.1 Å². The number of alkyl halides is 3. The molecule has 2 aromatic rings. The summed E-state index contributed by atoms with van der Waals surface area (Å²) in [6.07, 6.45) is -4.56. The minimum atomic E-state index is -4.56. The second-order valence-corrected chi connectivity index (χ2v) is 4.04. The first-order chi connectivity index (χ1) is 8.89. The second-order valence-electron chi connectivity index (χ2n) is 4.04. The van der Waals surface area contributed by atoms with Gasteiger partial charge in [-0.25, -0.2) is 4.98 Å². The van der Waals surface area contributed by atoms with Crippen molar-refractivity contribution in [3.05, 3.63) is 65.0 Å². The molecule has 5 heteroatoms. The Morgan fingerprint density at radius 3 is 2.37 bits per heavy atom. The van der Waals surface area contributed by atoms with Gasteiger partial charge in [-0.05, 0) is 25.1 Å². The van der Waals surface area contributed by atoms with Crippen molar-refractivity contribution in [1.29, 1.82) is 0 Å². The fourth-order valence-corrected chi connectivity index (χ4v) is 1.74.